The predicted octanol–water partition coefficient (Wildman–Crippen LogP) is 3.91. The standard InChI is InChI=1S/C15H13ClINO3S/c1-9-7-10(17)3-6-14(9)18-15(19)12-8-11(22(2,20)21)4-5-13(12)16/h3-8H,1-2H3,(H,18,19). The maximum atomic E-state index is 12.4. The molecule has 7 heteroatoms. The minimum Gasteiger partial charge on any atom is -0.322 e. The molecule has 4 nitrogen and oxygen atoms in total. The summed E-state index contributed by atoms with van der Waals surface area (Å²) in [4.78, 5) is 12.4. The summed E-state index contributed by atoms with van der Waals surface area (Å²) in [6, 6.07) is 9.68. The van der Waals surface area contributed by atoms with E-state index in [0.29, 0.717) is 5.69 Å². The van der Waals surface area contributed by atoms with Crippen LogP contribution in [-0.2, 0) is 9.84 Å². The molecule has 0 aromatic heterocycles. The Morgan fingerprint density at radius 2 is 1.86 bits per heavy atom. The third kappa shape index (κ3) is 3.99. The molecule has 0 heterocycles. The molecule has 0 unspecified atom stereocenters. The first kappa shape index (κ1) is 17.2. The van der Waals surface area contributed by atoms with E-state index < -0.39 is 15.7 Å². The molecule has 2 aromatic carbocycles. The molecule has 0 bridgehead atoms. The van der Waals surface area contributed by atoms with Crippen molar-refractivity contribution in [3.8, 4) is 0 Å². The minimum atomic E-state index is -3.40. The molecule has 0 fully saturated rings. The predicted molar refractivity (Wildman–Crippen MR) is 96.4 cm³/mol. The summed E-state index contributed by atoms with van der Waals surface area (Å²) in [5.74, 6) is -0.445. The zero-order valence-corrected chi connectivity index (χ0v) is 15.6. The minimum absolute atomic E-state index is 0.0568. The fraction of sp³-hybridized carbons (Fsp3) is 0.133. The maximum absolute atomic E-state index is 12.4. The molecule has 2 rings (SSSR count). The van der Waals surface area contributed by atoms with Gasteiger partial charge < -0.3 is 5.32 Å². The molecule has 116 valence electrons. The fourth-order valence-electron chi connectivity index (χ4n) is 1.87. The van der Waals surface area contributed by atoms with Gasteiger partial charge in [-0.3, -0.25) is 4.79 Å². The lowest BCUT2D eigenvalue weighted by Gasteiger charge is -2.10. The largest absolute Gasteiger partial charge is 0.322 e. The van der Waals surface area contributed by atoms with Crippen LogP contribution >= 0.6 is 34.2 Å². The summed E-state index contributed by atoms with van der Waals surface area (Å²) >= 11 is 8.20. The smallest absolute Gasteiger partial charge is 0.257 e. The summed E-state index contributed by atoms with van der Waals surface area (Å²) in [5, 5.41) is 2.95. The van der Waals surface area contributed by atoms with Crippen LogP contribution in [0.1, 0.15) is 15.9 Å². The number of sulfone groups is 1. The number of anilines is 1. The number of hydrogen-bond donors (Lipinski definition) is 1. The van der Waals surface area contributed by atoms with Crippen molar-refractivity contribution in [2.75, 3.05) is 11.6 Å². The number of carbonyl (C=O) groups excluding carboxylic acids is 1. The van der Waals surface area contributed by atoms with E-state index in [4.69, 9.17) is 11.6 Å². The zero-order valence-electron chi connectivity index (χ0n) is 11.9. The molecule has 1 amide bonds. The molecule has 2 aromatic rings. The van der Waals surface area contributed by atoms with Gasteiger partial charge in [-0.15, -0.1) is 0 Å². The first-order valence-corrected chi connectivity index (χ1v) is 9.60. The Kier molecular flexibility index (Phi) is 5.14. The van der Waals surface area contributed by atoms with Gasteiger partial charge in [0.15, 0.2) is 9.84 Å². The van der Waals surface area contributed by atoms with E-state index in [9.17, 15) is 13.2 Å². The van der Waals surface area contributed by atoms with Crippen LogP contribution < -0.4 is 5.32 Å². The van der Waals surface area contributed by atoms with Crippen molar-refractivity contribution in [1.29, 1.82) is 0 Å². The number of benzene rings is 2. The monoisotopic (exact) mass is 449 g/mol. The molecule has 0 aliphatic carbocycles. The van der Waals surface area contributed by atoms with Crippen molar-refractivity contribution in [2.24, 2.45) is 0 Å². The SMILES string of the molecule is Cc1cc(I)ccc1NC(=O)c1cc(S(C)(=O)=O)ccc1Cl. The molecular formula is C15H13ClINO3S. The van der Waals surface area contributed by atoms with E-state index in [-0.39, 0.29) is 15.5 Å². The van der Waals surface area contributed by atoms with E-state index in [1.54, 1.807) is 6.07 Å². The first-order chi connectivity index (χ1) is 10.2. The van der Waals surface area contributed by atoms with Crippen molar-refractivity contribution in [1.82, 2.24) is 0 Å². The van der Waals surface area contributed by atoms with E-state index in [2.05, 4.69) is 27.9 Å². The van der Waals surface area contributed by atoms with Crippen LogP contribution in [0.2, 0.25) is 5.02 Å². The van der Waals surface area contributed by atoms with Gasteiger partial charge in [0.25, 0.3) is 5.91 Å². The highest BCUT2D eigenvalue weighted by molar-refractivity contribution is 14.1. The Labute approximate surface area is 147 Å². The summed E-state index contributed by atoms with van der Waals surface area (Å²) in [6.07, 6.45) is 1.08. The van der Waals surface area contributed by atoms with Gasteiger partial charge in [0, 0.05) is 15.5 Å². The van der Waals surface area contributed by atoms with Gasteiger partial charge in [-0.1, -0.05) is 11.6 Å². The summed E-state index contributed by atoms with van der Waals surface area (Å²) in [6.45, 7) is 1.88. The van der Waals surface area contributed by atoms with Gasteiger partial charge in [-0.25, -0.2) is 8.42 Å². The van der Waals surface area contributed by atoms with Gasteiger partial charge >= 0.3 is 0 Å². The second kappa shape index (κ2) is 6.55. The van der Waals surface area contributed by atoms with Crippen LogP contribution in [0.25, 0.3) is 0 Å². The third-order valence-corrected chi connectivity index (χ3v) is 5.16. The average molecular weight is 450 g/mol. The van der Waals surface area contributed by atoms with E-state index in [1.807, 2.05) is 19.1 Å². The second-order valence-corrected chi connectivity index (χ2v) is 8.50. The number of halogens is 2. The zero-order chi connectivity index (χ0) is 16.5. The normalized spacial score (nSPS) is 11.3. The van der Waals surface area contributed by atoms with Gasteiger partial charge in [-0.05, 0) is 71.5 Å². The number of carbonyl (C=O) groups is 1. The lowest BCUT2D eigenvalue weighted by Crippen LogP contribution is -2.14. The summed E-state index contributed by atoms with van der Waals surface area (Å²) in [5.41, 5.74) is 1.70. The Bertz CT molecular complexity index is 850. The number of rotatable bonds is 3. The molecule has 0 spiro atoms. The average Bonchev–Trinajstić information content (AvgIpc) is 2.41. The number of hydrogen-bond acceptors (Lipinski definition) is 3. The van der Waals surface area contributed by atoms with Crippen LogP contribution in [0.5, 0.6) is 0 Å². The maximum Gasteiger partial charge on any atom is 0.257 e. The Morgan fingerprint density at radius 1 is 1.18 bits per heavy atom. The van der Waals surface area contributed by atoms with Gasteiger partial charge in [-0.2, -0.15) is 0 Å². The summed E-state index contributed by atoms with van der Waals surface area (Å²) in [7, 11) is -3.40. The Hall–Kier alpha value is -1.12. The van der Waals surface area contributed by atoms with Crippen molar-refractivity contribution < 1.29 is 13.2 Å². The van der Waals surface area contributed by atoms with E-state index in [0.717, 1.165) is 15.4 Å². The lowest BCUT2D eigenvalue weighted by atomic mass is 10.1. The molecular weight excluding hydrogens is 437 g/mol. The second-order valence-electron chi connectivity index (χ2n) is 4.83. The molecule has 0 saturated heterocycles. The molecule has 0 saturated carbocycles. The third-order valence-electron chi connectivity index (χ3n) is 3.05. The van der Waals surface area contributed by atoms with Crippen molar-refractivity contribution in [3.05, 3.63) is 56.1 Å². The van der Waals surface area contributed by atoms with Crippen molar-refractivity contribution >= 4 is 55.6 Å². The van der Waals surface area contributed by atoms with Crippen LogP contribution in [0.15, 0.2) is 41.3 Å². The van der Waals surface area contributed by atoms with Gasteiger partial charge in [0.05, 0.1) is 15.5 Å². The highest BCUT2D eigenvalue weighted by Gasteiger charge is 2.16. The van der Waals surface area contributed by atoms with Gasteiger partial charge in [0.1, 0.15) is 0 Å². The van der Waals surface area contributed by atoms with Gasteiger partial charge in [0.2, 0.25) is 0 Å². The number of nitrogens with one attached hydrogen (secondary N) is 1. The lowest BCUT2D eigenvalue weighted by molar-refractivity contribution is 0.102. The van der Waals surface area contributed by atoms with Crippen LogP contribution in [0.3, 0.4) is 0 Å². The molecule has 0 atom stereocenters. The fourth-order valence-corrected chi connectivity index (χ4v) is 3.36. The molecule has 1 N–H and O–H groups in total. The van der Waals surface area contributed by atoms with Crippen molar-refractivity contribution in [2.45, 2.75) is 11.8 Å². The summed E-state index contributed by atoms with van der Waals surface area (Å²) < 4.78 is 24.2. The number of aryl methyl sites for hydroxylation is 1. The van der Waals surface area contributed by atoms with Crippen LogP contribution in [0.4, 0.5) is 5.69 Å². The van der Waals surface area contributed by atoms with Crippen molar-refractivity contribution in [3.63, 3.8) is 0 Å². The van der Waals surface area contributed by atoms with E-state index in [1.165, 1.54) is 18.2 Å². The molecule has 0 aliphatic rings. The topological polar surface area (TPSA) is 63.2 Å². The molecule has 0 aliphatic heterocycles. The number of amides is 1. The Morgan fingerprint density at radius 3 is 2.45 bits per heavy atom. The van der Waals surface area contributed by atoms with Crippen LogP contribution in [0, 0.1) is 10.5 Å². The quantitative estimate of drug-likeness (QED) is 0.723. The van der Waals surface area contributed by atoms with Crippen LogP contribution in [-0.4, -0.2) is 20.6 Å². The first-order valence-electron chi connectivity index (χ1n) is 6.25. The highest BCUT2D eigenvalue weighted by atomic mass is 127. The highest BCUT2D eigenvalue weighted by Crippen LogP contribution is 2.23. The molecule has 0 radical (unpaired) electrons. The Balaban J connectivity index is 2.37. The van der Waals surface area contributed by atoms with E-state index >= 15 is 0 Å². The molecule has 22 heavy (non-hydrogen) atoms.